The van der Waals surface area contributed by atoms with Gasteiger partial charge in [-0.05, 0) is 19.1 Å². The summed E-state index contributed by atoms with van der Waals surface area (Å²) in [6, 6.07) is 7.55. The number of nitrogens with zero attached hydrogens (tertiary/aromatic N) is 1. The molecular weight excluding hydrogens is 252 g/mol. The van der Waals surface area contributed by atoms with Gasteiger partial charge < -0.3 is 5.41 Å². The van der Waals surface area contributed by atoms with Crippen LogP contribution in [0.4, 0.5) is 5.69 Å². The van der Waals surface area contributed by atoms with Crippen molar-refractivity contribution in [3.63, 3.8) is 0 Å². The van der Waals surface area contributed by atoms with Crippen LogP contribution in [0.15, 0.2) is 47.1 Å². The van der Waals surface area contributed by atoms with Crippen LogP contribution in [0.5, 0.6) is 0 Å². The molecular formula is C16H16N2O2. The molecule has 0 bridgehead atoms. The average molecular weight is 268 g/mol. The fourth-order valence-electron chi connectivity index (χ4n) is 1.51. The molecule has 0 atom stereocenters. The highest BCUT2D eigenvalue weighted by Crippen LogP contribution is 2.12. The van der Waals surface area contributed by atoms with Crippen molar-refractivity contribution in [2.45, 2.75) is 19.8 Å². The van der Waals surface area contributed by atoms with Crippen molar-refractivity contribution in [2.24, 2.45) is 4.99 Å². The molecule has 0 aromatic heterocycles. The van der Waals surface area contributed by atoms with Crippen LogP contribution in [0, 0.1) is 12.3 Å². The number of carbonyl (C=O) groups is 2. The van der Waals surface area contributed by atoms with E-state index in [1.165, 1.54) is 6.21 Å². The second-order valence-corrected chi connectivity index (χ2v) is 4.16. The van der Waals surface area contributed by atoms with Gasteiger partial charge in [-0.15, -0.1) is 5.73 Å². The van der Waals surface area contributed by atoms with E-state index in [4.69, 9.17) is 5.41 Å². The highest BCUT2D eigenvalue weighted by atomic mass is 16.1. The summed E-state index contributed by atoms with van der Waals surface area (Å²) in [7, 11) is 0. The Bertz CT molecular complexity index is 591. The Kier molecular flexibility index (Phi) is 6.01. The summed E-state index contributed by atoms with van der Waals surface area (Å²) in [4.78, 5) is 27.5. The van der Waals surface area contributed by atoms with Gasteiger partial charge in [0.25, 0.3) is 0 Å². The molecule has 0 heterocycles. The molecule has 0 saturated heterocycles. The van der Waals surface area contributed by atoms with Gasteiger partial charge in [0, 0.05) is 25.3 Å². The van der Waals surface area contributed by atoms with Gasteiger partial charge in [0.15, 0.2) is 11.6 Å². The van der Waals surface area contributed by atoms with E-state index in [-0.39, 0.29) is 24.2 Å². The predicted molar refractivity (Wildman–Crippen MR) is 80.0 cm³/mol. The smallest absolute Gasteiger partial charge is 0.179 e. The molecule has 4 nitrogen and oxygen atoms in total. The van der Waals surface area contributed by atoms with E-state index in [0.717, 1.165) is 17.5 Å². The zero-order valence-electron chi connectivity index (χ0n) is 11.3. The number of allylic oxidation sites excluding steroid dienone is 1. The highest BCUT2D eigenvalue weighted by molar-refractivity contribution is 6.24. The quantitative estimate of drug-likeness (QED) is 0.271. The summed E-state index contributed by atoms with van der Waals surface area (Å²) in [6.45, 7) is 5.32. The standard InChI is InChI=1S/C16H16N2O2/c1-3-14(15(19)8-10-17)16(20)9-11-18-13-6-4-12(2)5-7-13/h4-7,10-11,17H,1,8-9H2,2H3. The second-order valence-electron chi connectivity index (χ2n) is 4.16. The van der Waals surface area contributed by atoms with Gasteiger partial charge in [0.2, 0.25) is 0 Å². The van der Waals surface area contributed by atoms with Crippen molar-refractivity contribution < 1.29 is 9.59 Å². The maximum Gasteiger partial charge on any atom is 0.179 e. The first kappa shape index (κ1) is 15.5. The van der Waals surface area contributed by atoms with Crippen molar-refractivity contribution in [2.75, 3.05) is 0 Å². The first-order valence-electron chi connectivity index (χ1n) is 6.13. The Balaban J connectivity index is 2.66. The van der Waals surface area contributed by atoms with Crippen molar-refractivity contribution >= 4 is 29.7 Å². The minimum Gasteiger partial charge on any atom is -0.313 e. The number of ketones is 2. The third kappa shape index (κ3) is 4.59. The maximum absolute atomic E-state index is 11.8. The van der Waals surface area contributed by atoms with E-state index in [1.807, 2.05) is 31.2 Å². The molecule has 0 aliphatic rings. The number of aryl methyl sites for hydroxylation is 1. The molecule has 20 heavy (non-hydrogen) atoms. The van der Waals surface area contributed by atoms with Crippen molar-refractivity contribution in [3.8, 4) is 0 Å². The summed E-state index contributed by atoms with van der Waals surface area (Å²) < 4.78 is 0. The van der Waals surface area contributed by atoms with E-state index in [2.05, 4.69) is 17.3 Å². The van der Waals surface area contributed by atoms with Gasteiger partial charge in [0.1, 0.15) is 5.57 Å². The lowest BCUT2D eigenvalue weighted by molar-refractivity contribution is -0.120. The van der Waals surface area contributed by atoms with E-state index >= 15 is 0 Å². The molecule has 0 unspecified atom stereocenters. The SMILES string of the molecule is C=C=C(C(=O)CC=N)C(=O)CC=Nc1ccc(C)cc1. The third-order valence-corrected chi connectivity index (χ3v) is 2.57. The molecule has 4 heteroatoms. The summed E-state index contributed by atoms with van der Waals surface area (Å²) in [5.41, 5.74) is 4.13. The van der Waals surface area contributed by atoms with Crippen LogP contribution in [0.25, 0.3) is 0 Å². The van der Waals surface area contributed by atoms with Crippen LogP contribution in [0.2, 0.25) is 0 Å². The van der Waals surface area contributed by atoms with Gasteiger partial charge in [-0.2, -0.15) is 0 Å². The van der Waals surface area contributed by atoms with Crippen LogP contribution >= 0.6 is 0 Å². The maximum atomic E-state index is 11.8. The number of aliphatic imine (C=N–C) groups is 1. The van der Waals surface area contributed by atoms with Crippen molar-refractivity contribution in [1.82, 2.24) is 0 Å². The lowest BCUT2D eigenvalue weighted by Gasteiger charge is -1.98. The van der Waals surface area contributed by atoms with Crippen LogP contribution in [-0.2, 0) is 9.59 Å². The minimum absolute atomic E-state index is 0.00939. The van der Waals surface area contributed by atoms with Gasteiger partial charge in [-0.25, -0.2) is 0 Å². The normalized spacial score (nSPS) is 10.1. The molecule has 0 radical (unpaired) electrons. The number of Topliss-reactive ketones (excluding diaryl/α,β-unsaturated/α-hetero) is 2. The molecule has 102 valence electrons. The minimum atomic E-state index is -0.441. The summed E-state index contributed by atoms with van der Waals surface area (Å²) in [6.07, 6.45) is 2.31. The van der Waals surface area contributed by atoms with Gasteiger partial charge in [-0.3, -0.25) is 14.6 Å². The second kappa shape index (κ2) is 7.77. The molecule has 0 amide bonds. The first-order valence-corrected chi connectivity index (χ1v) is 6.13. The third-order valence-electron chi connectivity index (χ3n) is 2.57. The van der Waals surface area contributed by atoms with E-state index in [0.29, 0.717) is 0 Å². The Morgan fingerprint density at radius 2 is 1.85 bits per heavy atom. The van der Waals surface area contributed by atoms with E-state index < -0.39 is 5.78 Å². The molecule has 0 aliphatic heterocycles. The number of nitrogens with one attached hydrogen (secondary N) is 1. The van der Waals surface area contributed by atoms with E-state index in [9.17, 15) is 9.59 Å². The number of hydrogen-bond acceptors (Lipinski definition) is 4. The molecule has 0 fully saturated rings. The van der Waals surface area contributed by atoms with Gasteiger partial charge >= 0.3 is 0 Å². The predicted octanol–water partition coefficient (Wildman–Crippen LogP) is 2.98. The Morgan fingerprint density at radius 3 is 2.40 bits per heavy atom. The molecule has 0 aliphatic carbocycles. The lowest BCUT2D eigenvalue weighted by atomic mass is 10.0. The Morgan fingerprint density at radius 1 is 1.25 bits per heavy atom. The number of rotatable bonds is 7. The summed E-state index contributed by atoms with van der Waals surface area (Å²) >= 11 is 0. The van der Waals surface area contributed by atoms with E-state index in [1.54, 1.807) is 0 Å². The zero-order chi connectivity index (χ0) is 15.0. The van der Waals surface area contributed by atoms with Gasteiger partial charge in [-0.1, -0.05) is 24.3 Å². The average Bonchev–Trinajstić information content (AvgIpc) is 2.42. The highest BCUT2D eigenvalue weighted by Gasteiger charge is 2.15. The van der Waals surface area contributed by atoms with Crippen LogP contribution in [0.1, 0.15) is 18.4 Å². The summed E-state index contributed by atoms with van der Waals surface area (Å²) in [5.74, 6) is -0.827. The molecule has 0 saturated carbocycles. The molecule has 1 N–H and O–H groups in total. The topological polar surface area (TPSA) is 70.3 Å². The molecule has 1 rings (SSSR count). The zero-order valence-corrected chi connectivity index (χ0v) is 11.3. The lowest BCUT2D eigenvalue weighted by Crippen LogP contribution is -2.12. The first-order chi connectivity index (χ1) is 9.58. The van der Waals surface area contributed by atoms with Crippen LogP contribution in [0.3, 0.4) is 0 Å². The molecule has 0 spiro atoms. The summed E-state index contributed by atoms with van der Waals surface area (Å²) in [5, 5.41) is 6.87. The Hall–Kier alpha value is -2.58. The van der Waals surface area contributed by atoms with Crippen LogP contribution in [-0.4, -0.2) is 24.0 Å². The Labute approximate surface area is 118 Å². The molecule has 1 aromatic rings. The number of carbonyl (C=O) groups excluding carboxylic acids is 2. The van der Waals surface area contributed by atoms with Crippen LogP contribution < -0.4 is 0 Å². The largest absolute Gasteiger partial charge is 0.313 e. The van der Waals surface area contributed by atoms with Gasteiger partial charge in [0.05, 0.1) is 5.69 Å². The number of hydrogen-bond donors (Lipinski definition) is 1. The fourth-order valence-corrected chi connectivity index (χ4v) is 1.51. The van der Waals surface area contributed by atoms with Crippen molar-refractivity contribution in [1.29, 1.82) is 5.41 Å². The van der Waals surface area contributed by atoms with Crippen molar-refractivity contribution in [3.05, 3.63) is 47.7 Å². The monoisotopic (exact) mass is 268 g/mol. The fraction of sp³-hybridized carbons (Fsp3) is 0.188. The number of benzene rings is 1. The molecule has 1 aromatic carbocycles.